The third kappa shape index (κ3) is 1.30. The molecule has 0 saturated heterocycles. The van der Waals surface area contributed by atoms with Gasteiger partial charge in [0.25, 0.3) is 0 Å². The monoisotopic (exact) mass is 186 g/mol. The van der Waals surface area contributed by atoms with Crippen LogP contribution in [0.15, 0.2) is 0 Å². The second kappa shape index (κ2) is 2.58. The van der Waals surface area contributed by atoms with Crippen LogP contribution in [0.5, 0.6) is 0 Å². The number of aliphatic hydroxyl groups is 1. The number of hydrogen-bond donors (Lipinski definition) is 1. The first-order chi connectivity index (χ1) is 5.30. The quantitative estimate of drug-likeness (QED) is 0.654. The highest BCUT2D eigenvalue weighted by Gasteiger charge is 2.65. The molecule has 0 bridgehead atoms. The molecule has 1 aliphatic carbocycles. The van der Waals surface area contributed by atoms with Crippen molar-refractivity contribution in [2.24, 2.45) is 5.92 Å². The summed E-state index contributed by atoms with van der Waals surface area (Å²) < 4.78 is 49.0. The van der Waals surface area contributed by atoms with Gasteiger partial charge >= 0.3 is 6.18 Å². The summed E-state index contributed by atoms with van der Waals surface area (Å²) in [4.78, 5) is 0. The standard InChI is InChI=1S/C7H10F4O/c1-4(8)6(12,5-2-3-5)7(9,10)11/h4-5,12H,2-3H2,1H3. The molecule has 0 amide bonds. The maximum Gasteiger partial charge on any atom is 0.420 e. The highest BCUT2D eigenvalue weighted by Crippen LogP contribution is 2.50. The average molecular weight is 186 g/mol. The Labute approximate surface area is 67.4 Å². The second-order valence-corrected chi connectivity index (χ2v) is 3.21. The Bertz CT molecular complexity index is 169. The highest BCUT2D eigenvalue weighted by atomic mass is 19.4. The van der Waals surface area contributed by atoms with E-state index in [4.69, 9.17) is 5.11 Å². The Balaban J connectivity index is 2.85. The van der Waals surface area contributed by atoms with E-state index in [2.05, 4.69) is 0 Å². The van der Waals surface area contributed by atoms with Crippen LogP contribution in [0, 0.1) is 5.92 Å². The van der Waals surface area contributed by atoms with E-state index in [0.717, 1.165) is 6.92 Å². The molecule has 5 heteroatoms. The summed E-state index contributed by atoms with van der Waals surface area (Å²) in [6.07, 6.45) is -6.61. The third-order valence-corrected chi connectivity index (χ3v) is 2.26. The fourth-order valence-electron chi connectivity index (χ4n) is 1.31. The Hall–Kier alpha value is -0.320. The van der Waals surface area contributed by atoms with Gasteiger partial charge in [-0.05, 0) is 25.7 Å². The summed E-state index contributed by atoms with van der Waals surface area (Å²) in [7, 11) is 0. The van der Waals surface area contributed by atoms with Gasteiger partial charge < -0.3 is 5.11 Å². The lowest BCUT2D eigenvalue weighted by molar-refractivity contribution is -0.287. The smallest absolute Gasteiger partial charge is 0.378 e. The minimum absolute atomic E-state index is 0.254. The predicted molar refractivity (Wildman–Crippen MR) is 34.3 cm³/mol. The van der Waals surface area contributed by atoms with E-state index in [1.54, 1.807) is 0 Å². The average Bonchev–Trinajstić information content (AvgIpc) is 2.63. The topological polar surface area (TPSA) is 20.2 Å². The van der Waals surface area contributed by atoms with Gasteiger partial charge in [0.1, 0.15) is 6.17 Å². The molecule has 1 aliphatic rings. The molecule has 0 aromatic rings. The summed E-state index contributed by atoms with van der Waals surface area (Å²) in [5.41, 5.74) is -3.12. The zero-order valence-electron chi connectivity index (χ0n) is 6.53. The van der Waals surface area contributed by atoms with Crippen LogP contribution in [0.2, 0.25) is 0 Å². The van der Waals surface area contributed by atoms with Crippen molar-refractivity contribution in [2.75, 3.05) is 0 Å². The summed E-state index contributed by atoms with van der Waals surface area (Å²) in [6, 6.07) is 0. The Morgan fingerprint density at radius 2 is 1.75 bits per heavy atom. The largest absolute Gasteiger partial charge is 0.420 e. The molecule has 0 heterocycles. The van der Waals surface area contributed by atoms with E-state index in [0.29, 0.717) is 0 Å². The Morgan fingerprint density at radius 3 is 1.83 bits per heavy atom. The fourth-order valence-corrected chi connectivity index (χ4v) is 1.31. The molecule has 2 unspecified atom stereocenters. The number of alkyl halides is 4. The molecule has 1 N–H and O–H groups in total. The van der Waals surface area contributed by atoms with Crippen molar-refractivity contribution in [1.29, 1.82) is 0 Å². The normalized spacial score (nSPS) is 26.5. The zero-order valence-corrected chi connectivity index (χ0v) is 6.53. The maximum atomic E-state index is 12.6. The van der Waals surface area contributed by atoms with Gasteiger partial charge in [-0.15, -0.1) is 0 Å². The lowest BCUT2D eigenvalue weighted by Crippen LogP contribution is -2.53. The molecular weight excluding hydrogens is 176 g/mol. The van der Waals surface area contributed by atoms with Gasteiger partial charge in [0.2, 0.25) is 0 Å². The van der Waals surface area contributed by atoms with Gasteiger partial charge in [-0.25, -0.2) is 4.39 Å². The minimum Gasteiger partial charge on any atom is -0.378 e. The van der Waals surface area contributed by atoms with Crippen molar-refractivity contribution in [2.45, 2.75) is 37.7 Å². The summed E-state index contributed by atoms with van der Waals surface area (Å²) >= 11 is 0. The maximum absolute atomic E-state index is 12.6. The van der Waals surface area contributed by atoms with Crippen LogP contribution in [0.3, 0.4) is 0 Å². The van der Waals surface area contributed by atoms with Crippen molar-refractivity contribution in [3.05, 3.63) is 0 Å². The molecule has 0 aliphatic heterocycles. The van der Waals surface area contributed by atoms with E-state index in [1.165, 1.54) is 0 Å². The predicted octanol–water partition coefficient (Wildman–Crippen LogP) is 2.05. The summed E-state index contributed by atoms with van der Waals surface area (Å²) in [5.74, 6) is -0.947. The molecule has 0 spiro atoms. The molecule has 1 fully saturated rings. The molecule has 0 aromatic carbocycles. The molecule has 2 atom stereocenters. The number of halogens is 4. The molecular formula is C7H10F4O. The first kappa shape index (κ1) is 9.77. The lowest BCUT2D eigenvalue weighted by Gasteiger charge is -2.31. The van der Waals surface area contributed by atoms with Gasteiger partial charge in [0, 0.05) is 0 Å². The SMILES string of the molecule is CC(F)C(O)(C1CC1)C(F)(F)F. The van der Waals surface area contributed by atoms with Gasteiger partial charge in [0.15, 0.2) is 5.60 Å². The van der Waals surface area contributed by atoms with Crippen molar-refractivity contribution >= 4 is 0 Å². The van der Waals surface area contributed by atoms with Crippen molar-refractivity contribution in [1.82, 2.24) is 0 Å². The molecule has 0 radical (unpaired) electrons. The zero-order chi connectivity index (χ0) is 9.57. The Morgan fingerprint density at radius 1 is 1.33 bits per heavy atom. The highest BCUT2D eigenvalue weighted by molar-refractivity contribution is 5.03. The van der Waals surface area contributed by atoms with Crippen molar-refractivity contribution < 1.29 is 22.7 Å². The molecule has 12 heavy (non-hydrogen) atoms. The fraction of sp³-hybridized carbons (Fsp3) is 1.00. The first-order valence-corrected chi connectivity index (χ1v) is 3.73. The molecule has 72 valence electrons. The molecule has 1 nitrogen and oxygen atoms in total. The van der Waals surface area contributed by atoms with Crippen LogP contribution >= 0.6 is 0 Å². The van der Waals surface area contributed by atoms with E-state index < -0.39 is 23.9 Å². The summed E-state index contributed by atoms with van der Waals surface area (Å²) in [6.45, 7) is 0.742. The Kier molecular flexibility index (Phi) is 2.10. The third-order valence-electron chi connectivity index (χ3n) is 2.26. The van der Waals surface area contributed by atoms with Crippen LogP contribution < -0.4 is 0 Å². The van der Waals surface area contributed by atoms with Gasteiger partial charge in [0.05, 0.1) is 0 Å². The minimum atomic E-state index is -4.86. The summed E-state index contributed by atoms with van der Waals surface area (Å²) in [5, 5.41) is 9.06. The van der Waals surface area contributed by atoms with Crippen molar-refractivity contribution in [3.63, 3.8) is 0 Å². The van der Waals surface area contributed by atoms with Crippen molar-refractivity contribution in [3.8, 4) is 0 Å². The van der Waals surface area contributed by atoms with Crippen LogP contribution in [0.1, 0.15) is 19.8 Å². The molecule has 1 rings (SSSR count). The van der Waals surface area contributed by atoms with E-state index >= 15 is 0 Å². The lowest BCUT2D eigenvalue weighted by atomic mass is 9.92. The second-order valence-electron chi connectivity index (χ2n) is 3.21. The van der Waals surface area contributed by atoms with Gasteiger partial charge in [-0.3, -0.25) is 0 Å². The first-order valence-electron chi connectivity index (χ1n) is 3.73. The van der Waals surface area contributed by atoms with E-state index in [-0.39, 0.29) is 12.8 Å². The van der Waals surface area contributed by atoms with Crippen LogP contribution in [0.25, 0.3) is 0 Å². The van der Waals surface area contributed by atoms with Crippen LogP contribution in [-0.2, 0) is 0 Å². The van der Waals surface area contributed by atoms with Crippen LogP contribution in [-0.4, -0.2) is 23.1 Å². The van der Waals surface area contributed by atoms with E-state index in [9.17, 15) is 17.6 Å². The van der Waals surface area contributed by atoms with Gasteiger partial charge in [-0.2, -0.15) is 13.2 Å². The van der Waals surface area contributed by atoms with E-state index in [1.807, 2.05) is 0 Å². The number of rotatable bonds is 2. The van der Waals surface area contributed by atoms with Gasteiger partial charge in [-0.1, -0.05) is 0 Å². The molecule has 1 saturated carbocycles. The number of hydrogen-bond acceptors (Lipinski definition) is 1. The van der Waals surface area contributed by atoms with Crippen LogP contribution in [0.4, 0.5) is 17.6 Å². The molecule has 0 aromatic heterocycles.